The van der Waals surface area contributed by atoms with Crippen molar-refractivity contribution in [3.63, 3.8) is 0 Å². The third-order valence-electron chi connectivity index (χ3n) is 2.52. The first-order valence-corrected chi connectivity index (χ1v) is 5.01. The van der Waals surface area contributed by atoms with E-state index in [2.05, 4.69) is 0 Å². The molecular weight excluding hydrogens is 204 g/mol. The molecule has 0 amide bonds. The van der Waals surface area contributed by atoms with Gasteiger partial charge in [-0.1, -0.05) is 6.08 Å². The van der Waals surface area contributed by atoms with Crippen molar-refractivity contribution >= 4 is 6.08 Å². The second-order valence-electron chi connectivity index (χ2n) is 3.63. The first kappa shape index (κ1) is 10.5. The van der Waals surface area contributed by atoms with Crippen molar-refractivity contribution in [1.82, 2.24) is 0 Å². The number of benzene rings is 1. The maximum Gasteiger partial charge on any atom is 0.185 e. The zero-order valence-electron chi connectivity index (χ0n) is 9.15. The van der Waals surface area contributed by atoms with Crippen LogP contribution in [0.15, 0.2) is 33.7 Å². The molecule has 0 fully saturated rings. The van der Waals surface area contributed by atoms with E-state index in [1.807, 2.05) is 13.0 Å². The SMILES string of the molecule is CC=Cc1cc2cc(=O)c(C)c(O)c-2co1. The summed E-state index contributed by atoms with van der Waals surface area (Å²) in [7, 11) is 0. The van der Waals surface area contributed by atoms with Gasteiger partial charge in [-0.25, -0.2) is 0 Å². The molecule has 0 aromatic rings. The van der Waals surface area contributed by atoms with Crippen LogP contribution in [0, 0.1) is 6.92 Å². The molecule has 1 heterocycles. The summed E-state index contributed by atoms with van der Waals surface area (Å²) in [6.45, 7) is 3.47. The minimum absolute atomic E-state index is 0.00159. The van der Waals surface area contributed by atoms with E-state index in [1.54, 1.807) is 19.1 Å². The van der Waals surface area contributed by atoms with Gasteiger partial charge >= 0.3 is 0 Å². The van der Waals surface area contributed by atoms with Crippen molar-refractivity contribution in [2.24, 2.45) is 0 Å². The Morgan fingerprint density at radius 3 is 2.81 bits per heavy atom. The number of aromatic hydroxyl groups is 1. The average molecular weight is 216 g/mol. The Morgan fingerprint density at radius 2 is 2.12 bits per heavy atom. The molecule has 3 heteroatoms. The lowest BCUT2D eigenvalue weighted by atomic mass is 10.0. The van der Waals surface area contributed by atoms with E-state index >= 15 is 0 Å². The quantitative estimate of drug-likeness (QED) is 0.797. The first-order chi connectivity index (χ1) is 7.63. The monoisotopic (exact) mass is 216 g/mol. The summed E-state index contributed by atoms with van der Waals surface area (Å²) in [6, 6.07) is 3.24. The van der Waals surface area contributed by atoms with Gasteiger partial charge in [-0.05, 0) is 37.6 Å². The van der Waals surface area contributed by atoms with Crippen LogP contribution in [0.2, 0.25) is 0 Å². The molecule has 0 saturated carbocycles. The summed E-state index contributed by atoms with van der Waals surface area (Å²) < 4.78 is 5.31. The van der Waals surface area contributed by atoms with Crippen molar-refractivity contribution < 1.29 is 9.52 Å². The largest absolute Gasteiger partial charge is 0.507 e. The predicted molar refractivity (Wildman–Crippen MR) is 62.7 cm³/mol. The second kappa shape index (κ2) is 3.85. The molecule has 0 unspecified atom stereocenters. The van der Waals surface area contributed by atoms with Crippen LogP contribution in [0.1, 0.15) is 18.2 Å². The van der Waals surface area contributed by atoms with E-state index in [9.17, 15) is 9.90 Å². The molecule has 1 aliphatic heterocycles. The lowest BCUT2D eigenvalue weighted by Crippen LogP contribution is -2.05. The van der Waals surface area contributed by atoms with E-state index in [4.69, 9.17) is 4.42 Å². The molecule has 0 aromatic heterocycles. The van der Waals surface area contributed by atoms with Crippen molar-refractivity contribution in [2.45, 2.75) is 13.8 Å². The minimum Gasteiger partial charge on any atom is -0.507 e. The van der Waals surface area contributed by atoms with Gasteiger partial charge in [0.25, 0.3) is 0 Å². The highest BCUT2D eigenvalue weighted by atomic mass is 16.3. The molecule has 3 nitrogen and oxygen atoms in total. The van der Waals surface area contributed by atoms with Crippen molar-refractivity contribution in [1.29, 1.82) is 0 Å². The highest BCUT2D eigenvalue weighted by Gasteiger charge is 2.13. The molecule has 0 bridgehead atoms. The van der Waals surface area contributed by atoms with Crippen LogP contribution < -0.4 is 5.43 Å². The number of phenols is 1. The Morgan fingerprint density at radius 1 is 1.38 bits per heavy atom. The Bertz CT molecular complexity index is 579. The standard InChI is InChI=1S/C13H12O3/c1-3-4-10-5-9-6-12(14)8(2)13(15)11(9)7-16-10/h3-7,15H,1-2H3. The first-order valence-electron chi connectivity index (χ1n) is 5.01. The van der Waals surface area contributed by atoms with Gasteiger partial charge in [0, 0.05) is 5.56 Å². The van der Waals surface area contributed by atoms with Crippen LogP contribution in [-0.4, -0.2) is 5.11 Å². The molecule has 0 saturated heterocycles. The van der Waals surface area contributed by atoms with Crippen molar-refractivity contribution in [3.8, 4) is 16.9 Å². The van der Waals surface area contributed by atoms with E-state index in [-0.39, 0.29) is 11.2 Å². The highest BCUT2D eigenvalue weighted by Crippen LogP contribution is 2.32. The smallest absolute Gasteiger partial charge is 0.185 e. The van der Waals surface area contributed by atoms with Gasteiger partial charge in [0.05, 0.1) is 5.56 Å². The molecule has 2 aliphatic rings. The summed E-state index contributed by atoms with van der Waals surface area (Å²) in [5, 5.41) is 9.78. The predicted octanol–water partition coefficient (Wildman–Crippen LogP) is 2.79. The second-order valence-corrected chi connectivity index (χ2v) is 3.63. The van der Waals surface area contributed by atoms with Crippen molar-refractivity contribution in [2.75, 3.05) is 0 Å². The normalized spacial score (nSPS) is 11.4. The van der Waals surface area contributed by atoms with Crippen molar-refractivity contribution in [3.05, 3.63) is 46.0 Å². The van der Waals surface area contributed by atoms with Gasteiger partial charge in [-0.2, -0.15) is 0 Å². The van der Waals surface area contributed by atoms with Crippen LogP contribution in [-0.2, 0) is 0 Å². The summed E-state index contributed by atoms with van der Waals surface area (Å²) >= 11 is 0. The maximum atomic E-state index is 11.5. The molecule has 0 spiro atoms. The third-order valence-corrected chi connectivity index (χ3v) is 2.52. The number of hydrogen-bond donors (Lipinski definition) is 1. The zero-order valence-corrected chi connectivity index (χ0v) is 9.15. The van der Waals surface area contributed by atoms with E-state index in [1.165, 1.54) is 12.3 Å². The van der Waals surface area contributed by atoms with Gasteiger partial charge in [0.1, 0.15) is 17.8 Å². The molecule has 82 valence electrons. The summed E-state index contributed by atoms with van der Waals surface area (Å²) in [6.07, 6.45) is 5.10. The van der Waals surface area contributed by atoms with Gasteiger partial charge in [0.15, 0.2) is 5.43 Å². The fourth-order valence-corrected chi connectivity index (χ4v) is 1.59. The van der Waals surface area contributed by atoms with Gasteiger partial charge in [-0.15, -0.1) is 0 Å². The molecule has 0 atom stereocenters. The maximum absolute atomic E-state index is 11.5. The molecule has 0 radical (unpaired) electrons. The lowest BCUT2D eigenvalue weighted by molar-refractivity contribution is 0.466. The molecule has 1 N–H and O–H groups in total. The third kappa shape index (κ3) is 1.60. The molecule has 1 aliphatic carbocycles. The lowest BCUT2D eigenvalue weighted by Gasteiger charge is -2.09. The number of hydrogen-bond acceptors (Lipinski definition) is 3. The van der Waals surface area contributed by atoms with Gasteiger partial charge < -0.3 is 9.52 Å². The Hall–Kier alpha value is -2.03. The highest BCUT2D eigenvalue weighted by molar-refractivity contribution is 5.73. The van der Waals surface area contributed by atoms with E-state index in [0.717, 1.165) is 0 Å². The zero-order chi connectivity index (χ0) is 11.7. The van der Waals surface area contributed by atoms with Crippen LogP contribution in [0.25, 0.3) is 17.2 Å². The van der Waals surface area contributed by atoms with Crippen LogP contribution >= 0.6 is 0 Å². The molecule has 2 rings (SSSR count). The summed E-state index contributed by atoms with van der Waals surface area (Å²) in [4.78, 5) is 11.5. The number of fused-ring (bicyclic) bond motifs is 1. The minimum atomic E-state index is -0.164. The van der Waals surface area contributed by atoms with Crippen LogP contribution in [0.5, 0.6) is 5.75 Å². The number of allylic oxidation sites excluding steroid dienone is 1. The Kier molecular flexibility index (Phi) is 2.52. The Balaban J connectivity index is 2.76. The summed E-state index contributed by atoms with van der Waals surface area (Å²) in [5.74, 6) is 0.649. The average Bonchev–Trinajstić information content (AvgIpc) is 2.26. The van der Waals surface area contributed by atoms with Gasteiger partial charge in [-0.3, -0.25) is 4.79 Å². The van der Waals surface area contributed by atoms with Gasteiger partial charge in [0.2, 0.25) is 0 Å². The molecule has 0 aromatic carbocycles. The Labute approximate surface area is 93.0 Å². The fraction of sp³-hybridized carbons (Fsp3) is 0.154. The molecule has 16 heavy (non-hydrogen) atoms. The fourth-order valence-electron chi connectivity index (χ4n) is 1.59. The summed E-state index contributed by atoms with van der Waals surface area (Å²) in [5.41, 5.74) is 1.43. The topological polar surface area (TPSA) is 50.4 Å². The van der Waals surface area contributed by atoms with Crippen LogP contribution in [0.4, 0.5) is 0 Å². The number of rotatable bonds is 1. The molecular formula is C13H12O3. The van der Waals surface area contributed by atoms with E-state index in [0.29, 0.717) is 22.5 Å². The number of phenolic OH excluding ortho intramolecular Hbond substituents is 1. The van der Waals surface area contributed by atoms with Crippen LogP contribution in [0.3, 0.4) is 0 Å². The van der Waals surface area contributed by atoms with E-state index < -0.39 is 0 Å².